The minimum atomic E-state index is -0.392. The standard InChI is InChI=1S/C24H18O2/c1-24-20-11-16-7-3-5-9-18(16)13-23(20)25-14-21(24)19-10-15-6-2-4-8-17(15)12-22(19)26-24/h2-13,21H,14H2,1H3. The van der Waals surface area contributed by atoms with E-state index in [1.807, 2.05) is 0 Å². The van der Waals surface area contributed by atoms with Crippen molar-refractivity contribution < 1.29 is 9.47 Å². The van der Waals surface area contributed by atoms with Gasteiger partial charge in [0.25, 0.3) is 0 Å². The molecular formula is C24H18O2. The van der Waals surface area contributed by atoms with Gasteiger partial charge in [-0.3, -0.25) is 0 Å². The molecular weight excluding hydrogens is 320 g/mol. The Morgan fingerprint density at radius 3 is 2.04 bits per heavy atom. The van der Waals surface area contributed by atoms with Gasteiger partial charge in [0.15, 0.2) is 0 Å². The monoisotopic (exact) mass is 338 g/mol. The topological polar surface area (TPSA) is 18.5 Å². The first kappa shape index (κ1) is 14.2. The van der Waals surface area contributed by atoms with Crippen LogP contribution < -0.4 is 9.47 Å². The van der Waals surface area contributed by atoms with Gasteiger partial charge < -0.3 is 9.47 Å². The first-order valence-electron chi connectivity index (χ1n) is 9.10. The van der Waals surface area contributed by atoms with Crippen LogP contribution in [-0.2, 0) is 5.60 Å². The smallest absolute Gasteiger partial charge is 0.145 e. The number of fused-ring (bicyclic) bond motifs is 7. The fourth-order valence-corrected chi connectivity index (χ4v) is 4.59. The number of hydrogen-bond acceptors (Lipinski definition) is 2. The maximum absolute atomic E-state index is 6.60. The van der Waals surface area contributed by atoms with E-state index in [4.69, 9.17) is 9.47 Å². The Labute approximate surface area is 152 Å². The van der Waals surface area contributed by atoms with Crippen LogP contribution in [0.1, 0.15) is 24.0 Å². The van der Waals surface area contributed by atoms with Crippen molar-refractivity contribution in [2.24, 2.45) is 0 Å². The molecule has 2 nitrogen and oxygen atoms in total. The first-order valence-corrected chi connectivity index (χ1v) is 9.10. The van der Waals surface area contributed by atoms with Crippen LogP contribution in [0.15, 0.2) is 72.8 Å². The molecule has 0 radical (unpaired) electrons. The van der Waals surface area contributed by atoms with E-state index in [9.17, 15) is 0 Å². The van der Waals surface area contributed by atoms with Gasteiger partial charge in [0.1, 0.15) is 17.1 Å². The Morgan fingerprint density at radius 1 is 0.769 bits per heavy atom. The van der Waals surface area contributed by atoms with Crippen molar-refractivity contribution in [3.63, 3.8) is 0 Å². The largest absolute Gasteiger partial charge is 0.492 e. The van der Waals surface area contributed by atoms with Crippen LogP contribution in [0.25, 0.3) is 21.5 Å². The molecule has 2 atom stereocenters. The molecule has 0 saturated carbocycles. The van der Waals surface area contributed by atoms with Crippen LogP contribution in [0.4, 0.5) is 0 Å². The Morgan fingerprint density at radius 2 is 1.35 bits per heavy atom. The zero-order valence-electron chi connectivity index (χ0n) is 14.5. The van der Waals surface area contributed by atoms with Crippen molar-refractivity contribution in [1.29, 1.82) is 0 Å². The molecule has 0 spiro atoms. The highest BCUT2D eigenvalue weighted by Gasteiger charge is 2.50. The van der Waals surface area contributed by atoms with Crippen LogP contribution in [0.5, 0.6) is 11.5 Å². The van der Waals surface area contributed by atoms with E-state index in [0.29, 0.717) is 6.61 Å². The maximum atomic E-state index is 6.60. The van der Waals surface area contributed by atoms with Crippen molar-refractivity contribution >= 4 is 21.5 Å². The second kappa shape index (κ2) is 4.79. The quantitative estimate of drug-likeness (QED) is 0.405. The summed E-state index contributed by atoms with van der Waals surface area (Å²) in [6.45, 7) is 2.85. The second-order valence-corrected chi connectivity index (χ2v) is 7.51. The number of hydrogen-bond donors (Lipinski definition) is 0. The lowest BCUT2D eigenvalue weighted by molar-refractivity contribution is 0.0438. The third-order valence-corrected chi connectivity index (χ3v) is 6.03. The van der Waals surface area contributed by atoms with Gasteiger partial charge in [0.05, 0.1) is 12.5 Å². The predicted octanol–water partition coefficient (Wildman–Crippen LogP) is 5.78. The van der Waals surface area contributed by atoms with E-state index in [0.717, 1.165) is 17.1 Å². The molecule has 0 aliphatic carbocycles. The fourth-order valence-electron chi connectivity index (χ4n) is 4.59. The maximum Gasteiger partial charge on any atom is 0.145 e. The molecule has 2 aliphatic rings. The van der Waals surface area contributed by atoms with Crippen LogP contribution in [-0.4, -0.2) is 6.61 Å². The molecule has 0 saturated heterocycles. The molecule has 4 aromatic rings. The molecule has 4 aromatic carbocycles. The lowest BCUT2D eigenvalue weighted by atomic mass is 9.78. The van der Waals surface area contributed by atoms with E-state index >= 15 is 0 Å². The van der Waals surface area contributed by atoms with E-state index in [1.165, 1.54) is 27.1 Å². The molecule has 2 aliphatic heterocycles. The molecule has 0 N–H and O–H groups in total. The highest BCUT2D eigenvalue weighted by Crippen LogP contribution is 2.56. The van der Waals surface area contributed by atoms with Gasteiger partial charge in [0, 0.05) is 11.1 Å². The SMILES string of the molecule is CC12Oc3cc4ccccc4cc3C1COc1cc3ccccc3cc12. The fraction of sp³-hybridized carbons (Fsp3) is 0.167. The average molecular weight is 338 g/mol. The number of rotatable bonds is 0. The molecule has 126 valence electrons. The van der Waals surface area contributed by atoms with Crippen molar-refractivity contribution in [1.82, 2.24) is 0 Å². The van der Waals surface area contributed by atoms with Gasteiger partial charge in [-0.25, -0.2) is 0 Å². The summed E-state index contributed by atoms with van der Waals surface area (Å²) in [6.07, 6.45) is 0. The molecule has 0 bridgehead atoms. The van der Waals surface area contributed by atoms with Crippen molar-refractivity contribution in [3.05, 3.63) is 83.9 Å². The minimum Gasteiger partial charge on any atom is -0.492 e. The lowest BCUT2D eigenvalue weighted by Gasteiger charge is -2.37. The van der Waals surface area contributed by atoms with Crippen LogP contribution >= 0.6 is 0 Å². The number of ether oxygens (including phenoxy) is 2. The van der Waals surface area contributed by atoms with E-state index < -0.39 is 5.60 Å². The predicted molar refractivity (Wildman–Crippen MR) is 104 cm³/mol. The minimum absolute atomic E-state index is 0.204. The van der Waals surface area contributed by atoms with Crippen LogP contribution in [0.3, 0.4) is 0 Å². The third kappa shape index (κ3) is 1.76. The van der Waals surface area contributed by atoms with E-state index in [1.54, 1.807) is 0 Å². The molecule has 2 heterocycles. The van der Waals surface area contributed by atoms with Gasteiger partial charge >= 0.3 is 0 Å². The van der Waals surface area contributed by atoms with Gasteiger partial charge in [0.2, 0.25) is 0 Å². The Hall–Kier alpha value is -3.00. The zero-order valence-corrected chi connectivity index (χ0v) is 14.5. The van der Waals surface area contributed by atoms with E-state index in [2.05, 4.69) is 79.7 Å². The third-order valence-electron chi connectivity index (χ3n) is 6.03. The highest BCUT2D eigenvalue weighted by molar-refractivity contribution is 5.87. The number of benzene rings is 4. The lowest BCUT2D eigenvalue weighted by Crippen LogP contribution is -2.38. The average Bonchev–Trinajstić information content (AvgIpc) is 2.96. The van der Waals surface area contributed by atoms with E-state index in [-0.39, 0.29) is 5.92 Å². The Balaban J connectivity index is 1.58. The summed E-state index contributed by atoms with van der Waals surface area (Å²) in [5.41, 5.74) is 2.01. The molecule has 0 fully saturated rings. The summed E-state index contributed by atoms with van der Waals surface area (Å²) in [5.74, 6) is 2.14. The van der Waals surface area contributed by atoms with Crippen molar-refractivity contribution in [3.8, 4) is 11.5 Å². The molecule has 0 amide bonds. The van der Waals surface area contributed by atoms with Crippen LogP contribution in [0, 0.1) is 0 Å². The first-order chi connectivity index (χ1) is 12.7. The van der Waals surface area contributed by atoms with Gasteiger partial charge in [-0.15, -0.1) is 0 Å². The summed E-state index contributed by atoms with van der Waals surface area (Å²) in [6, 6.07) is 25.7. The summed E-state index contributed by atoms with van der Waals surface area (Å²) in [5, 5.41) is 4.90. The van der Waals surface area contributed by atoms with Crippen LogP contribution in [0.2, 0.25) is 0 Å². The van der Waals surface area contributed by atoms with Crippen molar-refractivity contribution in [2.45, 2.75) is 18.4 Å². The summed E-state index contributed by atoms with van der Waals surface area (Å²) in [7, 11) is 0. The molecule has 0 aromatic heterocycles. The van der Waals surface area contributed by atoms with Gasteiger partial charge in [-0.1, -0.05) is 48.5 Å². The Kier molecular flexibility index (Phi) is 2.62. The molecule has 6 rings (SSSR count). The molecule has 26 heavy (non-hydrogen) atoms. The van der Waals surface area contributed by atoms with Gasteiger partial charge in [-0.2, -0.15) is 0 Å². The Bertz CT molecular complexity index is 1190. The zero-order chi connectivity index (χ0) is 17.3. The highest BCUT2D eigenvalue weighted by atomic mass is 16.5. The molecule has 2 unspecified atom stereocenters. The van der Waals surface area contributed by atoms with Gasteiger partial charge in [-0.05, 0) is 52.7 Å². The summed E-state index contributed by atoms with van der Waals surface area (Å²) < 4.78 is 12.8. The normalized spacial score (nSPS) is 23.0. The summed E-state index contributed by atoms with van der Waals surface area (Å²) in [4.78, 5) is 0. The summed E-state index contributed by atoms with van der Waals surface area (Å²) >= 11 is 0. The molecule has 2 heteroatoms. The second-order valence-electron chi connectivity index (χ2n) is 7.51. The van der Waals surface area contributed by atoms with Crippen molar-refractivity contribution in [2.75, 3.05) is 6.61 Å².